The minimum absolute atomic E-state index is 0.359. The van der Waals surface area contributed by atoms with Crippen molar-refractivity contribution in [2.45, 2.75) is 30.8 Å². The maximum atomic E-state index is 10.6. The minimum atomic E-state index is -1.07. The van der Waals surface area contributed by atoms with E-state index in [1.807, 2.05) is 0 Å². The lowest BCUT2D eigenvalue weighted by atomic mass is 10.1. The second-order valence-corrected chi connectivity index (χ2v) is 3.20. The second kappa shape index (κ2) is 4.23. The van der Waals surface area contributed by atoms with E-state index >= 15 is 0 Å². The molecule has 76 valence electrons. The Bertz CT molecular complexity index is 197. The van der Waals surface area contributed by atoms with Crippen molar-refractivity contribution in [1.29, 1.82) is 0 Å². The molecule has 13 heavy (non-hydrogen) atoms. The summed E-state index contributed by atoms with van der Waals surface area (Å²) in [5.41, 5.74) is -0.906. The van der Waals surface area contributed by atoms with E-state index in [1.165, 1.54) is 6.92 Å². The van der Waals surface area contributed by atoms with Crippen molar-refractivity contribution in [1.82, 2.24) is 0 Å². The van der Waals surface area contributed by atoms with Gasteiger partial charge < -0.3 is 19.7 Å². The molecule has 1 aliphatic heterocycles. The van der Waals surface area contributed by atoms with Crippen molar-refractivity contribution in [3.05, 3.63) is 0 Å². The van der Waals surface area contributed by atoms with Crippen LogP contribution in [0.4, 0.5) is 0 Å². The highest BCUT2D eigenvalue weighted by atomic mass is 35.5. The number of halogens is 1. The summed E-state index contributed by atoms with van der Waals surface area (Å²) >= 11 is 5.62. The molecule has 1 saturated heterocycles. The van der Waals surface area contributed by atoms with Gasteiger partial charge in [-0.25, -0.2) is 0 Å². The molecule has 0 spiro atoms. The third kappa shape index (κ3) is 2.31. The molecule has 0 radical (unpaired) electrons. The van der Waals surface area contributed by atoms with E-state index in [1.54, 1.807) is 0 Å². The molecule has 1 aliphatic rings. The molecule has 0 aromatic carbocycles. The van der Waals surface area contributed by atoms with Gasteiger partial charge in [-0.05, 0) is 0 Å². The summed E-state index contributed by atoms with van der Waals surface area (Å²) in [4.78, 5) is 10.6. The second-order valence-electron chi connectivity index (χ2n) is 2.77. The van der Waals surface area contributed by atoms with Crippen molar-refractivity contribution in [3.8, 4) is 0 Å². The highest BCUT2D eigenvalue weighted by molar-refractivity contribution is 6.20. The number of carbonyl (C=O) groups is 1. The highest BCUT2D eigenvalue weighted by Gasteiger charge is 2.44. The fraction of sp³-hybridized carbons (Fsp3) is 0.857. The zero-order valence-electron chi connectivity index (χ0n) is 7.01. The molecule has 6 heteroatoms. The van der Waals surface area contributed by atoms with Crippen molar-refractivity contribution < 1.29 is 24.5 Å². The molecule has 0 amide bonds. The molecule has 1 fully saturated rings. The van der Waals surface area contributed by atoms with Crippen LogP contribution < -0.4 is 0 Å². The van der Waals surface area contributed by atoms with Gasteiger partial charge in [-0.15, -0.1) is 0 Å². The van der Waals surface area contributed by atoms with Crippen LogP contribution >= 0.6 is 11.6 Å². The van der Waals surface area contributed by atoms with Gasteiger partial charge in [0.15, 0.2) is 11.7 Å². The highest BCUT2D eigenvalue weighted by Crippen LogP contribution is 2.26. The number of carbonyl (C=O) groups excluding carboxylic acids is 1. The summed E-state index contributed by atoms with van der Waals surface area (Å²) in [7, 11) is 0. The molecule has 0 bridgehead atoms. The minimum Gasteiger partial charge on any atom is -0.456 e. The van der Waals surface area contributed by atoms with Crippen molar-refractivity contribution >= 4 is 17.6 Å². The van der Waals surface area contributed by atoms with E-state index in [0.29, 0.717) is 0 Å². The van der Waals surface area contributed by atoms with Crippen LogP contribution in [0.25, 0.3) is 0 Å². The lowest BCUT2D eigenvalue weighted by Crippen LogP contribution is -2.36. The SMILES string of the molecule is CC(=O)O[C@H]1C(Cl)O[C@H](CO)[C@H]1O. The van der Waals surface area contributed by atoms with E-state index in [-0.39, 0.29) is 6.61 Å². The van der Waals surface area contributed by atoms with E-state index in [2.05, 4.69) is 0 Å². The Kier molecular flexibility index (Phi) is 3.49. The number of ether oxygens (including phenoxy) is 2. The molecule has 0 aromatic heterocycles. The zero-order chi connectivity index (χ0) is 10.0. The predicted molar refractivity (Wildman–Crippen MR) is 43.2 cm³/mol. The summed E-state index contributed by atoms with van der Waals surface area (Å²) in [6, 6.07) is 0. The van der Waals surface area contributed by atoms with Crippen LogP contribution in [-0.4, -0.2) is 46.7 Å². The van der Waals surface area contributed by atoms with E-state index in [0.717, 1.165) is 0 Å². The monoisotopic (exact) mass is 210 g/mol. The average Bonchev–Trinajstić information content (AvgIpc) is 2.31. The molecule has 0 aromatic rings. The summed E-state index contributed by atoms with van der Waals surface area (Å²) < 4.78 is 9.64. The normalized spacial score (nSPS) is 39.1. The Morgan fingerprint density at radius 3 is 2.69 bits per heavy atom. The maximum absolute atomic E-state index is 10.6. The van der Waals surface area contributed by atoms with Gasteiger partial charge in [0.2, 0.25) is 0 Å². The number of rotatable bonds is 2. The van der Waals surface area contributed by atoms with Crippen LogP contribution in [0.5, 0.6) is 0 Å². The van der Waals surface area contributed by atoms with Crippen molar-refractivity contribution in [3.63, 3.8) is 0 Å². The van der Waals surface area contributed by atoms with Crippen LogP contribution in [0.3, 0.4) is 0 Å². The van der Waals surface area contributed by atoms with Crippen molar-refractivity contribution in [2.24, 2.45) is 0 Å². The van der Waals surface area contributed by atoms with Gasteiger partial charge in [0.05, 0.1) is 6.61 Å². The number of hydrogen-bond acceptors (Lipinski definition) is 5. The Balaban J connectivity index is 2.58. The molecule has 5 nitrogen and oxygen atoms in total. The molecular weight excluding hydrogens is 200 g/mol. The lowest BCUT2D eigenvalue weighted by molar-refractivity contribution is -0.151. The molecular formula is C7H11ClO5. The van der Waals surface area contributed by atoms with Crippen LogP contribution in [0.2, 0.25) is 0 Å². The smallest absolute Gasteiger partial charge is 0.303 e. The molecule has 0 saturated carbocycles. The number of aliphatic hydroxyl groups excluding tert-OH is 2. The third-order valence-corrected chi connectivity index (χ3v) is 2.11. The van der Waals surface area contributed by atoms with E-state index < -0.39 is 29.8 Å². The Hall–Kier alpha value is -0.360. The largest absolute Gasteiger partial charge is 0.456 e. The summed E-state index contributed by atoms with van der Waals surface area (Å²) in [6.07, 6.45) is -2.76. The molecule has 1 rings (SSSR count). The van der Waals surface area contributed by atoms with Crippen molar-refractivity contribution in [2.75, 3.05) is 6.61 Å². The van der Waals surface area contributed by atoms with Gasteiger partial charge in [0.25, 0.3) is 0 Å². The zero-order valence-corrected chi connectivity index (χ0v) is 7.77. The van der Waals surface area contributed by atoms with Gasteiger partial charge in [0, 0.05) is 6.92 Å². The Labute approximate surface area is 80.2 Å². The molecule has 1 unspecified atom stereocenters. The molecule has 4 atom stereocenters. The summed E-state index contributed by atoms with van der Waals surface area (Å²) in [5.74, 6) is -0.545. The fourth-order valence-corrected chi connectivity index (χ4v) is 1.49. The Morgan fingerprint density at radius 2 is 2.31 bits per heavy atom. The lowest BCUT2D eigenvalue weighted by Gasteiger charge is -2.16. The summed E-state index contributed by atoms with van der Waals surface area (Å²) in [5, 5.41) is 18.1. The van der Waals surface area contributed by atoms with Gasteiger partial charge in [-0.2, -0.15) is 0 Å². The standard InChI is InChI=1S/C7H11ClO5/c1-3(10)12-6-5(11)4(2-9)13-7(6)8/h4-7,9,11H,2H2,1H3/t4-,5-,6-,7?/m1/s1. The molecule has 2 N–H and O–H groups in total. The quantitative estimate of drug-likeness (QED) is 0.463. The number of hydrogen-bond donors (Lipinski definition) is 2. The first kappa shape index (κ1) is 10.7. The van der Waals surface area contributed by atoms with E-state index in [9.17, 15) is 9.90 Å². The average molecular weight is 211 g/mol. The van der Waals surface area contributed by atoms with Crippen LogP contribution in [0.15, 0.2) is 0 Å². The summed E-state index contributed by atoms with van der Waals surface area (Å²) in [6.45, 7) is 0.852. The van der Waals surface area contributed by atoms with Crippen LogP contribution in [-0.2, 0) is 14.3 Å². The van der Waals surface area contributed by atoms with Crippen LogP contribution in [0, 0.1) is 0 Å². The third-order valence-electron chi connectivity index (χ3n) is 1.76. The fourth-order valence-electron chi connectivity index (χ4n) is 1.16. The van der Waals surface area contributed by atoms with Crippen LogP contribution in [0.1, 0.15) is 6.92 Å². The van der Waals surface area contributed by atoms with Gasteiger partial charge in [-0.3, -0.25) is 4.79 Å². The first-order valence-electron chi connectivity index (χ1n) is 3.82. The Morgan fingerprint density at radius 1 is 1.69 bits per heavy atom. The molecule has 0 aliphatic carbocycles. The number of aliphatic hydroxyl groups is 2. The first-order valence-corrected chi connectivity index (χ1v) is 4.25. The van der Waals surface area contributed by atoms with E-state index in [4.69, 9.17) is 26.2 Å². The number of alkyl halides is 1. The predicted octanol–water partition coefficient (Wildman–Crippen LogP) is -0.765. The topological polar surface area (TPSA) is 76.0 Å². The van der Waals surface area contributed by atoms with Gasteiger partial charge in [-0.1, -0.05) is 11.6 Å². The molecule has 1 heterocycles. The maximum Gasteiger partial charge on any atom is 0.303 e. The van der Waals surface area contributed by atoms with Gasteiger partial charge in [0.1, 0.15) is 12.2 Å². The number of esters is 1. The first-order chi connectivity index (χ1) is 6.06. The van der Waals surface area contributed by atoms with Gasteiger partial charge >= 0.3 is 5.97 Å².